The van der Waals surface area contributed by atoms with Crippen LogP contribution >= 0.6 is 11.8 Å². The average Bonchev–Trinajstić information content (AvgIpc) is 2.82. The Kier molecular flexibility index (Phi) is 4.48. The van der Waals surface area contributed by atoms with Crippen molar-refractivity contribution >= 4 is 34.7 Å². The molecule has 4 nitrogen and oxygen atoms in total. The molecule has 1 aliphatic heterocycles. The minimum absolute atomic E-state index is 0.168. The third kappa shape index (κ3) is 3.46. The second kappa shape index (κ2) is 6.71. The summed E-state index contributed by atoms with van der Waals surface area (Å²) in [5.41, 5.74) is 2.89. The number of anilines is 1. The Morgan fingerprint density at radius 3 is 2.48 bits per heavy atom. The molecule has 2 aromatic rings. The van der Waals surface area contributed by atoms with Crippen LogP contribution in [-0.2, 0) is 4.79 Å². The van der Waals surface area contributed by atoms with Gasteiger partial charge in [-0.1, -0.05) is 48.5 Å². The Labute approximate surface area is 139 Å². The van der Waals surface area contributed by atoms with Crippen LogP contribution in [-0.4, -0.2) is 22.7 Å². The first-order valence-electron chi connectivity index (χ1n) is 7.25. The molecule has 0 aliphatic carbocycles. The summed E-state index contributed by atoms with van der Waals surface area (Å²) in [5, 5.41) is 2.89. The number of amides is 2. The van der Waals surface area contributed by atoms with E-state index in [1.165, 1.54) is 4.90 Å². The van der Waals surface area contributed by atoms with Crippen LogP contribution in [0.3, 0.4) is 0 Å². The van der Waals surface area contributed by atoms with Gasteiger partial charge >= 0.3 is 0 Å². The SMILES string of the molecule is Cc1ccccc1NCN1C(=O)S/C(=C/c2ccccc2)C1=O. The molecule has 1 N–H and O–H groups in total. The maximum atomic E-state index is 12.4. The van der Waals surface area contributed by atoms with E-state index in [0.717, 1.165) is 28.6 Å². The van der Waals surface area contributed by atoms with Crippen LogP contribution in [0.25, 0.3) is 6.08 Å². The molecular formula is C18H16N2O2S. The van der Waals surface area contributed by atoms with E-state index < -0.39 is 0 Å². The molecule has 0 unspecified atom stereocenters. The Balaban J connectivity index is 1.72. The zero-order valence-corrected chi connectivity index (χ0v) is 13.5. The topological polar surface area (TPSA) is 49.4 Å². The first kappa shape index (κ1) is 15.4. The second-order valence-corrected chi connectivity index (χ2v) is 6.16. The lowest BCUT2D eigenvalue weighted by Gasteiger charge is -2.15. The summed E-state index contributed by atoms with van der Waals surface area (Å²) < 4.78 is 0. The van der Waals surface area contributed by atoms with Gasteiger partial charge < -0.3 is 5.32 Å². The lowest BCUT2D eigenvalue weighted by molar-refractivity contribution is -0.122. The van der Waals surface area contributed by atoms with Gasteiger partial charge in [0.2, 0.25) is 0 Å². The maximum absolute atomic E-state index is 12.4. The molecule has 2 amide bonds. The molecule has 0 saturated carbocycles. The normalized spacial score (nSPS) is 16.2. The fourth-order valence-electron chi connectivity index (χ4n) is 2.27. The third-order valence-corrected chi connectivity index (χ3v) is 4.45. The number of aryl methyl sites for hydroxylation is 1. The van der Waals surface area contributed by atoms with Gasteiger partial charge in [-0.25, -0.2) is 0 Å². The summed E-state index contributed by atoms with van der Waals surface area (Å²) in [4.78, 5) is 26.2. The molecule has 0 bridgehead atoms. The molecule has 0 radical (unpaired) electrons. The molecular weight excluding hydrogens is 308 g/mol. The molecule has 0 spiro atoms. The van der Waals surface area contributed by atoms with Crippen LogP contribution in [0.5, 0.6) is 0 Å². The minimum atomic E-state index is -0.259. The van der Waals surface area contributed by atoms with Crippen molar-refractivity contribution in [1.82, 2.24) is 4.90 Å². The van der Waals surface area contributed by atoms with E-state index in [1.54, 1.807) is 6.08 Å². The molecule has 3 rings (SSSR count). The van der Waals surface area contributed by atoms with Gasteiger partial charge in [-0.2, -0.15) is 0 Å². The fraction of sp³-hybridized carbons (Fsp3) is 0.111. The van der Waals surface area contributed by atoms with Crippen LogP contribution in [0.4, 0.5) is 10.5 Å². The van der Waals surface area contributed by atoms with Crippen molar-refractivity contribution in [2.45, 2.75) is 6.92 Å². The van der Waals surface area contributed by atoms with Gasteiger partial charge in [-0.15, -0.1) is 0 Å². The predicted molar refractivity (Wildman–Crippen MR) is 93.9 cm³/mol. The average molecular weight is 324 g/mol. The van der Waals surface area contributed by atoms with Gasteiger partial charge in [0.05, 0.1) is 11.6 Å². The van der Waals surface area contributed by atoms with Crippen LogP contribution in [0, 0.1) is 6.92 Å². The number of rotatable bonds is 4. The molecule has 1 saturated heterocycles. The van der Waals surface area contributed by atoms with E-state index in [1.807, 2.05) is 61.5 Å². The van der Waals surface area contributed by atoms with E-state index in [9.17, 15) is 9.59 Å². The summed E-state index contributed by atoms with van der Waals surface area (Å²) in [5.74, 6) is -0.259. The van der Waals surface area contributed by atoms with E-state index in [0.29, 0.717) is 4.91 Å². The van der Waals surface area contributed by atoms with Gasteiger partial charge in [-0.05, 0) is 42.0 Å². The number of imide groups is 1. The highest BCUT2D eigenvalue weighted by molar-refractivity contribution is 8.18. The number of hydrogen-bond acceptors (Lipinski definition) is 4. The summed E-state index contributed by atoms with van der Waals surface area (Å²) in [6.07, 6.45) is 1.75. The van der Waals surface area contributed by atoms with Crippen molar-refractivity contribution in [3.63, 3.8) is 0 Å². The van der Waals surface area contributed by atoms with Crippen LogP contribution in [0.2, 0.25) is 0 Å². The zero-order chi connectivity index (χ0) is 16.2. The monoisotopic (exact) mass is 324 g/mol. The van der Waals surface area contributed by atoms with Crippen molar-refractivity contribution < 1.29 is 9.59 Å². The molecule has 1 fully saturated rings. The number of nitrogens with zero attached hydrogens (tertiary/aromatic N) is 1. The molecule has 1 heterocycles. The molecule has 23 heavy (non-hydrogen) atoms. The largest absolute Gasteiger partial charge is 0.367 e. The lowest BCUT2D eigenvalue weighted by Crippen LogP contribution is -2.33. The Bertz CT molecular complexity index is 772. The molecule has 0 atom stereocenters. The van der Waals surface area contributed by atoms with Gasteiger partial charge in [-0.3, -0.25) is 14.5 Å². The smallest absolute Gasteiger partial charge is 0.295 e. The summed E-state index contributed by atoms with van der Waals surface area (Å²) in [6, 6.07) is 17.3. The molecule has 5 heteroatoms. The zero-order valence-electron chi connectivity index (χ0n) is 12.7. The van der Waals surface area contributed by atoms with E-state index in [-0.39, 0.29) is 17.8 Å². The predicted octanol–water partition coefficient (Wildman–Crippen LogP) is 4.10. The van der Waals surface area contributed by atoms with Crippen molar-refractivity contribution in [2.24, 2.45) is 0 Å². The Morgan fingerprint density at radius 2 is 1.74 bits per heavy atom. The van der Waals surface area contributed by atoms with Gasteiger partial charge in [0, 0.05) is 5.69 Å². The second-order valence-electron chi connectivity index (χ2n) is 5.17. The highest BCUT2D eigenvalue weighted by Gasteiger charge is 2.34. The minimum Gasteiger partial charge on any atom is -0.367 e. The molecule has 1 aliphatic rings. The maximum Gasteiger partial charge on any atom is 0.295 e. The van der Waals surface area contributed by atoms with E-state index >= 15 is 0 Å². The number of carbonyl (C=O) groups excluding carboxylic acids is 2. The number of thioether (sulfide) groups is 1. The van der Waals surface area contributed by atoms with Crippen LogP contribution in [0.1, 0.15) is 11.1 Å². The molecule has 0 aromatic heterocycles. The summed E-state index contributed by atoms with van der Waals surface area (Å²) in [6.45, 7) is 2.15. The lowest BCUT2D eigenvalue weighted by atomic mass is 10.2. The number of carbonyl (C=O) groups is 2. The quantitative estimate of drug-likeness (QED) is 0.860. The number of hydrogen-bond donors (Lipinski definition) is 1. The Hall–Kier alpha value is -2.53. The van der Waals surface area contributed by atoms with Crippen LogP contribution < -0.4 is 5.32 Å². The first-order chi connectivity index (χ1) is 11.1. The summed E-state index contributed by atoms with van der Waals surface area (Å²) in [7, 11) is 0. The van der Waals surface area contributed by atoms with Crippen molar-refractivity contribution in [3.8, 4) is 0 Å². The number of para-hydroxylation sites is 1. The van der Waals surface area contributed by atoms with Gasteiger partial charge in [0.1, 0.15) is 0 Å². The van der Waals surface area contributed by atoms with Crippen molar-refractivity contribution in [1.29, 1.82) is 0 Å². The fourth-order valence-corrected chi connectivity index (χ4v) is 3.11. The van der Waals surface area contributed by atoms with Crippen LogP contribution in [0.15, 0.2) is 59.5 Å². The summed E-state index contributed by atoms with van der Waals surface area (Å²) >= 11 is 0.975. The number of nitrogens with one attached hydrogen (secondary N) is 1. The molecule has 116 valence electrons. The van der Waals surface area contributed by atoms with Gasteiger partial charge in [0.25, 0.3) is 11.1 Å². The van der Waals surface area contributed by atoms with Crippen molar-refractivity contribution in [2.75, 3.05) is 12.0 Å². The van der Waals surface area contributed by atoms with E-state index in [4.69, 9.17) is 0 Å². The number of benzene rings is 2. The van der Waals surface area contributed by atoms with Gasteiger partial charge in [0.15, 0.2) is 0 Å². The molecule has 2 aromatic carbocycles. The highest BCUT2D eigenvalue weighted by atomic mass is 32.2. The first-order valence-corrected chi connectivity index (χ1v) is 8.07. The highest BCUT2D eigenvalue weighted by Crippen LogP contribution is 2.32. The standard InChI is InChI=1S/C18H16N2O2S/c1-13-7-5-6-10-15(13)19-12-20-17(21)16(23-18(20)22)11-14-8-3-2-4-9-14/h2-11,19H,12H2,1H3/b16-11+. The van der Waals surface area contributed by atoms with E-state index in [2.05, 4.69) is 5.32 Å². The van der Waals surface area contributed by atoms with Crippen molar-refractivity contribution in [3.05, 3.63) is 70.6 Å². The third-order valence-electron chi connectivity index (χ3n) is 3.54. The Morgan fingerprint density at radius 1 is 1.04 bits per heavy atom.